The van der Waals surface area contributed by atoms with Crippen LogP contribution in [0, 0.1) is 5.92 Å². The zero-order valence-corrected chi connectivity index (χ0v) is 10.9. The fourth-order valence-electron chi connectivity index (χ4n) is 1.48. The normalized spacial score (nSPS) is 12.2. The topological polar surface area (TPSA) is 79.3 Å². The number of carboxylic acid groups (broad SMARTS) is 1. The molecule has 1 aromatic heterocycles. The first-order chi connectivity index (χ1) is 8.40. The number of rotatable bonds is 5. The van der Waals surface area contributed by atoms with Crippen LogP contribution < -0.4 is 5.32 Å². The third-order valence-corrected chi connectivity index (χ3v) is 2.51. The maximum atomic E-state index is 11.8. The van der Waals surface area contributed by atoms with E-state index in [9.17, 15) is 9.59 Å². The second-order valence-electron chi connectivity index (χ2n) is 4.36. The van der Waals surface area contributed by atoms with Crippen LogP contribution in [0.4, 0.5) is 0 Å². The Kier molecular flexibility index (Phi) is 5.09. The zero-order chi connectivity index (χ0) is 13.7. The predicted octanol–water partition coefficient (Wildman–Crippen LogP) is 1.96. The molecule has 1 rings (SSSR count). The molecule has 0 unspecified atom stereocenters. The second-order valence-corrected chi connectivity index (χ2v) is 4.75. The van der Waals surface area contributed by atoms with Gasteiger partial charge in [-0.05, 0) is 24.5 Å². The maximum absolute atomic E-state index is 11.8. The molecule has 0 fully saturated rings. The molecule has 0 saturated carbocycles. The highest BCUT2D eigenvalue weighted by atomic mass is 35.5. The van der Waals surface area contributed by atoms with Gasteiger partial charge in [0, 0.05) is 11.8 Å². The standard InChI is InChI=1S/C12H15ClN2O3/c1-7(2)5-9(12(17)18)15-11(16)8-3-4-14-10(13)6-8/h3-4,6-7,9H,5H2,1-2H3,(H,15,16)(H,17,18)/t9-/m0/s1. The number of hydrogen-bond donors (Lipinski definition) is 2. The molecular weight excluding hydrogens is 256 g/mol. The van der Waals surface area contributed by atoms with Crippen LogP contribution in [-0.2, 0) is 4.79 Å². The molecule has 1 aromatic rings. The molecule has 0 radical (unpaired) electrons. The van der Waals surface area contributed by atoms with E-state index >= 15 is 0 Å². The number of nitrogens with zero attached hydrogens (tertiary/aromatic N) is 1. The number of amides is 1. The van der Waals surface area contributed by atoms with Crippen LogP contribution in [0.2, 0.25) is 5.15 Å². The van der Waals surface area contributed by atoms with Gasteiger partial charge in [-0.3, -0.25) is 4.79 Å². The molecule has 6 heteroatoms. The monoisotopic (exact) mass is 270 g/mol. The minimum atomic E-state index is -1.04. The van der Waals surface area contributed by atoms with Gasteiger partial charge in [0.15, 0.2) is 0 Å². The van der Waals surface area contributed by atoms with E-state index in [-0.39, 0.29) is 11.1 Å². The van der Waals surface area contributed by atoms with Crippen LogP contribution in [0.25, 0.3) is 0 Å². The summed E-state index contributed by atoms with van der Waals surface area (Å²) in [5.74, 6) is -1.34. The van der Waals surface area contributed by atoms with E-state index in [4.69, 9.17) is 16.7 Å². The highest BCUT2D eigenvalue weighted by Crippen LogP contribution is 2.09. The fraction of sp³-hybridized carbons (Fsp3) is 0.417. The summed E-state index contributed by atoms with van der Waals surface area (Å²) < 4.78 is 0. The van der Waals surface area contributed by atoms with Crippen molar-refractivity contribution in [1.29, 1.82) is 0 Å². The molecule has 1 amide bonds. The van der Waals surface area contributed by atoms with Crippen molar-refractivity contribution in [2.45, 2.75) is 26.3 Å². The van der Waals surface area contributed by atoms with E-state index in [0.29, 0.717) is 12.0 Å². The van der Waals surface area contributed by atoms with Gasteiger partial charge in [0.05, 0.1) is 0 Å². The number of aromatic nitrogens is 1. The molecule has 98 valence electrons. The van der Waals surface area contributed by atoms with E-state index in [2.05, 4.69) is 10.3 Å². The number of carboxylic acids is 1. The minimum absolute atomic E-state index is 0.174. The summed E-state index contributed by atoms with van der Waals surface area (Å²) in [6.07, 6.45) is 1.77. The van der Waals surface area contributed by atoms with Crippen molar-refractivity contribution >= 4 is 23.5 Å². The third-order valence-electron chi connectivity index (χ3n) is 2.30. The van der Waals surface area contributed by atoms with Gasteiger partial charge in [0.2, 0.25) is 0 Å². The average Bonchev–Trinajstić information content (AvgIpc) is 2.27. The molecule has 0 bridgehead atoms. The number of carbonyl (C=O) groups is 2. The summed E-state index contributed by atoms with van der Waals surface area (Å²) >= 11 is 5.66. The first-order valence-electron chi connectivity index (χ1n) is 5.55. The minimum Gasteiger partial charge on any atom is -0.480 e. The lowest BCUT2D eigenvalue weighted by molar-refractivity contribution is -0.139. The van der Waals surface area contributed by atoms with E-state index in [1.165, 1.54) is 18.3 Å². The predicted molar refractivity (Wildman–Crippen MR) is 67.6 cm³/mol. The molecular formula is C12H15ClN2O3. The number of halogens is 1. The van der Waals surface area contributed by atoms with Crippen LogP contribution in [0.5, 0.6) is 0 Å². The Hall–Kier alpha value is -1.62. The number of nitrogens with one attached hydrogen (secondary N) is 1. The summed E-state index contributed by atoms with van der Waals surface area (Å²) in [6, 6.07) is 1.98. The Bertz CT molecular complexity index is 449. The molecule has 0 spiro atoms. The van der Waals surface area contributed by atoms with Crippen molar-refractivity contribution in [2.75, 3.05) is 0 Å². The Morgan fingerprint density at radius 2 is 2.17 bits per heavy atom. The quantitative estimate of drug-likeness (QED) is 0.802. The molecule has 5 nitrogen and oxygen atoms in total. The van der Waals surface area contributed by atoms with Crippen LogP contribution in [0.3, 0.4) is 0 Å². The first kappa shape index (κ1) is 14.4. The molecule has 2 N–H and O–H groups in total. The summed E-state index contributed by atoms with van der Waals surface area (Å²) in [4.78, 5) is 26.6. The highest BCUT2D eigenvalue weighted by Gasteiger charge is 2.21. The summed E-state index contributed by atoms with van der Waals surface area (Å²) in [5.41, 5.74) is 0.296. The van der Waals surface area contributed by atoms with E-state index < -0.39 is 17.9 Å². The van der Waals surface area contributed by atoms with Gasteiger partial charge < -0.3 is 10.4 Å². The van der Waals surface area contributed by atoms with Crippen molar-refractivity contribution in [3.63, 3.8) is 0 Å². The van der Waals surface area contributed by atoms with Crippen molar-refractivity contribution in [1.82, 2.24) is 10.3 Å². The van der Waals surface area contributed by atoms with Gasteiger partial charge in [-0.25, -0.2) is 9.78 Å². The summed E-state index contributed by atoms with van der Waals surface area (Å²) in [7, 11) is 0. The van der Waals surface area contributed by atoms with Gasteiger partial charge in [-0.15, -0.1) is 0 Å². The fourth-order valence-corrected chi connectivity index (χ4v) is 1.65. The van der Waals surface area contributed by atoms with Gasteiger partial charge >= 0.3 is 5.97 Å². The van der Waals surface area contributed by atoms with Gasteiger partial charge in [0.1, 0.15) is 11.2 Å². The smallest absolute Gasteiger partial charge is 0.326 e. The molecule has 0 aliphatic heterocycles. The average molecular weight is 271 g/mol. The van der Waals surface area contributed by atoms with Crippen LogP contribution in [-0.4, -0.2) is 28.0 Å². The number of pyridine rings is 1. The molecule has 18 heavy (non-hydrogen) atoms. The Labute approximate surface area is 110 Å². The zero-order valence-electron chi connectivity index (χ0n) is 10.2. The molecule has 0 saturated heterocycles. The van der Waals surface area contributed by atoms with Crippen LogP contribution in [0.1, 0.15) is 30.6 Å². The molecule has 0 aromatic carbocycles. The van der Waals surface area contributed by atoms with Crippen molar-refractivity contribution in [3.8, 4) is 0 Å². The Morgan fingerprint density at radius 1 is 1.50 bits per heavy atom. The Balaban J connectivity index is 2.75. The second kappa shape index (κ2) is 6.35. The van der Waals surface area contributed by atoms with E-state index in [1.807, 2.05) is 13.8 Å². The first-order valence-corrected chi connectivity index (χ1v) is 5.93. The lowest BCUT2D eigenvalue weighted by Crippen LogP contribution is -2.41. The number of hydrogen-bond acceptors (Lipinski definition) is 3. The highest BCUT2D eigenvalue weighted by molar-refractivity contribution is 6.29. The molecule has 1 atom stereocenters. The lowest BCUT2D eigenvalue weighted by Gasteiger charge is -2.16. The van der Waals surface area contributed by atoms with Gasteiger partial charge in [-0.1, -0.05) is 25.4 Å². The van der Waals surface area contributed by atoms with Crippen molar-refractivity contribution in [3.05, 3.63) is 29.0 Å². The SMILES string of the molecule is CC(C)C[C@H](NC(=O)c1ccnc(Cl)c1)C(=O)O. The van der Waals surface area contributed by atoms with Gasteiger partial charge in [0.25, 0.3) is 5.91 Å². The third kappa shape index (κ3) is 4.33. The Morgan fingerprint density at radius 3 is 2.67 bits per heavy atom. The van der Waals surface area contributed by atoms with Gasteiger partial charge in [-0.2, -0.15) is 0 Å². The molecule has 1 heterocycles. The van der Waals surface area contributed by atoms with Crippen molar-refractivity contribution < 1.29 is 14.7 Å². The van der Waals surface area contributed by atoms with E-state index in [0.717, 1.165) is 0 Å². The van der Waals surface area contributed by atoms with Crippen molar-refractivity contribution in [2.24, 2.45) is 5.92 Å². The lowest BCUT2D eigenvalue weighted by atomic mass is 10.0. The van der Waals surface area contributed by atoms with Crippen LogP contribution in [0.15, 0.2) is 18.3 Å². The molecule has 0 aliphatic rings. The summed E-state index contributed by atoms with van der Waals surface area (Å²) in [5, 5.41) is 11.7. The summed E-state index contributed by atoms with van der Waals surface area (Å²) in [6.45, 7) is 3.79. The van der Waals surface area contributed by atoms with E-state index in [1.54, 1.807) is 0 Å². The molecule has 0 aliphatic carbocycles. The number of aliphatic carboxylic acids is 1. The largest absolute Gasteiger partial charge is 0.480 e. The number of carbonyl (C=O) groups excluding carboxylic acids is 1. The van der Waals surface area contributed by atoms with Crippen LogP contribution >= 0.6 is 11.6 Å². The maximum Gasteiger partial charge on any atom is 0.326 e.